The van der Waals surface area contributed by atoms with Crippen LogP contribution in [0.4, 0.5) is 0 Å². The molecule has 0 spiro atoms. The minimum absolute atomic E-state index is 0.0723. The van der Waals surface area contributed by atoms with E-state index >= 15 is 0 Å². The number of nitrogens with zero attached hydrogens (tertiary/aromatic N) is 4. The summed E-state index contributed by atoms with van der Waals surface area (Å²) < 4.78 is 1.88. The van der Waals surface area contributed by atoms with Crippen LogP contribution in [0.15, 0.2) is 12.3 Å². The minimum Gasteiger partial charge on any atom is -0.395 e. The molecule has 1 aliphatic rings. The normalized spacial score (nSPS) is 16.7. The molecule has 2 rings (SSSR count). The standard InChI is InChI=1S/C15H26N4O2/c1-3-13(4-2)19-14(5-6-16-19)15(21)18-9-7-17(8-10-18)11-12-20/h5-6,13,20H,3-4,7-12H2,1-2H3. The molecular weight excluding hydrogens is 268 g/mol. The Morgan fingerprint density at radius 1 is 1.29 bits per heavy atom. The van der Waals surface area contributed by atoms with E-state index in [4.69, 9.17) is 5.11 Å². The Labute approximate surface area is 126 Å². The van der Waals surface area contributed by atoms with E-state index in [1.165, 1.54) is 0 Å². The molecule has 0 aliphatic carbocycles. The van der Waals surface area contributed by atoms with Crippen LogP contribution >= 0.6 is 0 Å². The first-order chi connectivity index (χ1) is 10.2. The Kier molecular flexibility index (Phi) is 5.76. The molecule has 0 radical (unpaired) electrons. The van der Waals surface area contributed by atoms with Gasteiger partial charge < -0.3 is 10.0 Å². The number of carbonyl (C=O) groups excluding carboxylic acids is 1. The maximum atomic E-state index is 12.7. The van der Waals surface area contributed by atoms with Gasteiger partial charge in [-0.1, -0.05) is 13.8 Å². The quantitative estimate of drug-likeness (QED) is 0.850. The van der Waals surface area contributed by atoms with E-state index in [0.29, 0.717) is 25.3 Å². The molecule has 1 N–H and O–H groups in total. The summed E-state index contributed by atoms with van der Waals surface area (Å²) in [5.41, 5.74) is 0.694. The first-order valence-corrected chi connectivity index (χ1v) is 7.87. The fourth-order valence-corrected chi connectivity index (χ4v) is 2.89. The molecule has 2 heterocycles. The summed E-state index contributed by atoms with van der Waals surface area (Å²) in [5.74, 6) is 0.0723. The smallest absolute Gasteiger partial charge is 0.272 e. The number of aliphatic hydroxyl groups excluding tert-OH is 1. The van der Waals surface area contributed by atoms with Crippen molar-refractivity contribution >= 4 is 5.91 Å². The molecule has 118 valence electrons. The van der Waals surface area contributed by atoms with Crippen molar-refractivity contribution in [2.24, 2.45) is 0 Å². The summed E-state index contributed by atoms with van der Waals surface area (Å²) in [5, 5.41) is 13.3. The largest absolute Gasteiger partial charge is 0.395 e. The highest BCUT2D eigenvalue weighted by atomic mass is 16.3. The second-order valence-corrected chi connectivity index (χ2v) is 5.49. The number of piperazine rings is 1. The van der Waals surface area contributed by atoms with Gasteiger partial charge in [0.1, 0.15) is 5.69 Å². The first-order valence-electron chi connectivity index (χ1n) is 7.87. The molecule has 1 aliphatic heterocycles. The van der Waals surface area contributed by atoms with Crippen LogP contribution in [0.3, 0.4) is 0 Å². The van der Waals surface area contributed by atoms with E-state index < -0.39 is 0 Å². The SMILES string of the molecule is CCC(CC)n1nccc1C(=O)N1CCN(CCO)CC1. The van der Waals surface area contributed by atoms with Gasteiger partial charge in [-0.3, -0.25) is 14.4 Å². The van der Waals surface area contributed by atoms with Gasteiger partial charge in [-0.05, 0) is 18.9 Å². The molecule has 6 heteroatoms. The van der Waals surface area contributed by atoms with Gasteiger partial charge in [0.25, 0.3) is 5.91 Å². The predicted octanol–water partition coefficient (Wildman–Crippen LogP) is 0.994. The van der Waals surface area contributed by atoms with Crippen LogP contribution < -0.4 is 0 Å². The minimum atomic E-state index is 0.0723. The Morgan fingerprint density at radius 3 is 2.52 bits per heavy atom. The lowest BCUT2D eigenvalue weighted by Gasteiger charge is -2.34. The third-order valence-corrected chi connectivity index (χ3v) is 4.25. The lowest BCUT2D eigenvalue weighted by Crippen LogP contribution is -2.49. The number of hydrogen-bond acceptors (Lipinski definition) is 4. The fourth-order valence-electron chi connectivity index (χ4n) is 2.89. The summed E-state index contributed by atoms with van der Waals surface area (Å²) in [7, 11) is 0. The first kappa shape index (κ1) is 16.0. The summed E-state index contributed by atoms with van der Waals surface area (Å²) in [6.45, 7) is 8.19. The molecule has 0 aromatic carbocycles. The van der Waals surface area contributed by atoms with Crippen LogP contribution in [-0.2, 0) is 0 Å². The van der Waals surface area contributed by atoms with E-state index in [1.54, 1.807) is 6.20 Å². The van der Waals surface area contributed by atoms with Crippen molar-refractivity contribution in [2.45, 2.75) is 32.7 Å². The molecule has 21 heavy (non-hydrogen) atoms. The van der Waals surface area contributed by atoms with Crippen LogP contribution in [0.2, 0.25) is 0 Å². The highest BCUT2D eigenvalue weighted by Crippen LogP contribution is 2.18. The molecule has 6 nitrogen and oxygen atoms in total. The fraction of sp³-hybridized carbons (Fsp3) is 0.733. The predicted molar refractivity (Wildman–Crippen MR) is 81.3 cm³/mol. The maximum Gasteiger partial charge on any atom is 0.272 e. The van der Waals surface area contributed by atoms with E-state index in [9.17, 15) is 4.79 Å². The Morgan fingerprint density at radius 2 is 1.95 bits per heavy atom. The average Bonchev–Trinajstić information content (AvgIpc) is 2.98. The summed E-state index contributed by atoms with van der Waals surface area (Å²) in [6.07, 6.45) is 3.67. The molecule has 1 saturated heterocycles. The number of amides is 1. The van der Waals surface area contributed by atoms with E-state index in [-0.39, 0.29) is 18.6 Å². The number of rotatable bonds is 6. The van der Waals surface area contributed by atoms with E-state index in [2.05, 4.69) is 23.8 Å². The second-order valence-electron chi connectivity index (χ2n) is 5.49. The molecule has 1 amide bonds. The average molecular weight is 294 g/mol. The maximum absolute atomic E-state index is 12.7. The van der Waals surface area contributed by atoms with Crippen LogP contribution in [-0.4, -0.2) is 69.9 Å². The topological polar surface area (TPSA) is 61.6 Å². The monoisotopic (exact) mass is 294 g/mol. The molecule has 0 atom stereocenters. The summed E-state index contributed by atoms with van der Waals surface area (Å²) in [6, 6.07) is 2.11. The van der Waals surface area contributed by atoms with Gasteiger partial charge in [-0.2, -0.15) is 5.10 Å². The van der Waals surface area contributed by atoms with Crippen molar-refractivity contribution in [3.63, 3.8) is 0 Å². The van der Waals surface area contributed by atoms with Crippen molar-refractivity contribution in [1.82, 2.24) is 19.6 Å². The van der Waals surface area contributed by atoms with Crippen LogP contribution in [0.5, 0.6) is 0 Å². The van der Waals surface area contributed by atoms with Crippen molar-refractivity contribution < 1.29 is 9.90 Å². The van der Waals surface area contributed by atoms with E-state index in [1.807, 2.05) is 15.6 Å². The number of hydrogen-bond donors (Lipinski definition) is 1. The number of aromatic nitrogens is 2. The third-order valence-electron chi connectivity index (χ3n) is 4.25. The zero-order valence-electron chi connectivity index (χ0n) is 13.0. The molecule has 1 fully saturated rings. The van der Waals surface area contributed by atoms with Gasteiger partial charge in [-0.15, -0.1) is 0 Å². The molecule has 1 aromatic heterocycles. The lowest BCUT2D eigenvalue weighted by molar-refractivity contribution is 0.0600. The van der Waals surface area contributed by atoms with Gasteiger partial charge in [0.2, 0.25) is 0 Å². The Bertz CT molecular complexity index is 448. The third kappa shape index (κ3) is 3.63. The van der Waals surface area contributed by atoms with Gasteiger partial charge >= 0.3 is 0 Å². The zero-order valence-corrected chi connectivity index (χ0v) is 13.0. The lowest BCUT2D eigenvalue weighted by atomic mass is 10.1. The van der Waals surface area contributed by atoms with Crippen molar-refractivity contribution in [3.8, 4) is 0 Å². The molecule has 1 aromatic rings. The highest BCUT2D eigenvalue weighted by Gasteiger charge is 2.25. The van der Waals surface area contributed by atoms with Crippen molar-refractivity contribution in [1.29, 1.82) is 0 Å². The molecule has 0 saturated carbocycles. The summed E-state index contributed by atoms with van der Waals surface area (Å²) in [4.78, 5) is 16.8. The van der Waals surface area contributed by atoms with Gasteiger partial charge in [0.05, 0.1) is 12.6 Å². The number of aliphatic hydroxyl groups is 1. The Balaban J connectivity index is 2.03. The van der Waals surface area contributed by atoms with E-state index in [0.717, 1.165) is 25.9 Å². The van der Waals surface area contributed by atoms with Crippen LogP contribution in [0.25, 0.3) is 0 Å². The summed E-state index contributed by atoms with van der Waals surface area (Å²) >= 11 is 0. The number of β-amino-alcohol motifs (C(OH)–C–C–N with tert-alkyl or cyclic N) is 1. The van der Waals surface area contributed by atoms with Crippen molar-refractivity contribution in [2.75, 3.05) is 39.3 Å². The van der Waals surface area contributed by atoms with Crippen molar-refractivity contribution in [3.05, 3.63) is 18.0 Å². The van der Waals surface area contributed by atoms with Gasteiger partial charge in [0, 0.05) is 38.9 Å². The Hall–Kier alpha value is -1.40. The number of carbonyl (C=O) groups is 1. The van der Waals surface area contributed by atoms with Gasteiger partial charge in [-0.25, -0.2) is 0 Å². The van der Waals surface area contributed by atoms with Crippen LogP contribution in [0, 0.1) is 0 Å². The zero-order chi connectivity index (χ0) is 15.2. The molecule has 0 unspecified atom stereocenters. The second kappa shape index (κ2) is 7.56. The molecular formula is C15H26N4O2. The van der Waals surface area contributed by atoms with Crippen LogP contribution in [0.1, 0.15) is 43.2 Å². The van der Waals surface area contributed by atoms with Gasteiger partial charge in [0.15, 0.2) is 0 Å². The highest BCUT2D eigenvalue weighted by molar-refractivity contribution is 5.92. The molecule has 0 bridgehead atoms.